The summed E-state index contributed by atoms with van der Waals surface area (Å²) in [6.45, 7) is 6.44. The van der Waals surface area contributed by atoms with Gasteiger partial charge in [-0.3, -0.25) is 19.5 Å². The highest BCUT2D eigenvalue weighted by Crippen LogP contribution is 2.22. The van der Waals surface area contributed by atoms with E-state index < -0.39 is 0 Å². The molecule has 9 heteroatoms. The van der Waals surface area contributed by atoms with Crippen molar-refractivity contribution in [3.8, 4) is 11.4 Å². The van der Waals surface area contributed by atoms with Crippen LogP contribution in [0.25, 0.3) is 11.4 Å². The van der Waals surface area contributed by atoms with Crippen molar-refractivity contribution in [2.45, 2.75) is 27.3 Å². The Labute approximate surface area is 137 Å². The predicted molar refractivity (Wildman–Crippen MR) is 87.4 cm³/mol. The number of nitrogens with zero attached hydrogens (tertiary/aromatic N) is 6. The summed E-state index contributed by atoms with van der Waals surface area (Å²) in [6, 6.07) is 0. The number of carbonyl (C=O) groups is 1. The summed E-state index contributed by atoms with van der Waals surface area (Å²) in [5, 5.41) is 11.7. The third kappa shape index (κ3) is 2.87. The summed E-state index contributed by atoms with van der Waals surface area (Å²) < 4.78 is 7.75. The van der Waals surface area contributed by atoms with E-state index in [1.54, 1.807) is 10.9 Å². The summed E-state index contributed by atoms with van der Waals surface area (Å²) in [5.74, 6) is 0.338. The van der Waals surface area contributed by atoms with Gasteiger partial charge in [0.1, 0.15) is 0 Å². The van der Waals surface area contributed by atoms with Crippen LogP contribution in [0.15, 0.2) is 12.4 Å². The molecule has 0 unspecified atom stereocenters. The van der Waals surface area contributed by atoms with Gasteiger partial charge in [-0.2, -0.15) is 19.6 Å². The van der Waals surface area contributed by atoms with E-state index in [2.05, 4.69) is 24.9 Å². The van der Waals surface area contributed by atoms with E-state index in [0.717, 1.165) is 29.3 Å². The summed E-state index contributed by atoms with van der Waals surface area (Å²) in [5.41, 5.74) is 2.96. The first-order valence-electron chi connectivity index (χ1n) is 7.17. The normalized spacial score (nSPS) is 11.0. The minimum absolute atomic E-state index is 0.214. The van der Waals surface area contributed by atoms with Gasteiger partial charge in [0.2, 0.25) is 5.13 Å². The van der Waals surface area contributed by atoms with Crippen LogP contribution >= 0.6 is 11.5 Å². The molecule has 0 aliphatic carbocycles. The van der Waals surface area contributed by atoms with Gasteiger partial charge < -0.3 is 0 Å². The van der Waals surface area contributed by atoms with Crippen LogP contribution in [0.4, 0.5) is 5.13 Å². The number of rotatable bonds is 4. The zero-order valence-electron chi connectivity index (χ0n) is 13.4. The van der Waals surface area contributed by atoms with E-state index in [-0.39, 0.29) is 5.91 Å². The molecule has 1 amide bonds. The van der Waals surface area contributed by atoms with E-state index >= 15 is 0 Å². The smallest absolute Gasteiger partial charge is 0.261 e. The maximum absolute atomic E-state index is 12.5. The van der Waals surface area contributed by atoms with Crippen LogP contribution in [-0.4, -0.2) is 34.8 Å². The number of hydrogen-bond acceptors (Lipinski definition) is 6. The van der Waals surface area contributed by atoms with Crippen molar-refractivity contribution in [1.82, 2.24) is 28.9 Å². The van der Waals surface area contributed by atoms with Crippen LogP contribution < -0.4 is 5.32 Å². The Balaban J connectivity index is 1.81. The van der Waals surface area contributed by atoms with Crippen molar-refractivity contribution in [2.75, 3.05) is 5.32 Å². The molecule has 23 heavy (non-hydrogen) atoms. The number of hydrogen-bond donors (Lipinski definition) is 1. The molecule has 0 spiro atoms. The molecule has 0 fully saturated rings. The molecule has 3 heterocycles. The SMILES string of the molecule is CCn1nc(C)c(C(=O)Nc2nc(-c3cnn(C)c3)ns2)c1C. The molecule has 0 atom stereocenters. The molecule has 0 aliphatic rings. The molecule has 0 saturated carbocycles. The molecule has 0 aliphatic heterocycles. The zero-order valence-corrected chi connectivity index (χ0v) is 14.2. The summed E-state index contributed by atoms with van der Waals surface area (Å²) in [4.78, 5) is 16.8. The average molecular weight is 331 g/mol. The van der Waals surface area contributed by atoms with E-state index in [1.807, 2.05) is 38.7 Å². The van der Waals surface area contributed by atoms with Crippen molar-refractivity contribution >= 4 is 22.6 Å². The van der Waals surface area contributed by atoms with E-state index in [1.165, 1.54) is 0 Å². The van der Waals surface area contributed by atoms with Gasteiger partial charge >= 0.3 is 0 Å². The van der Waals surface area contributed by atoms with Gasteiger partial charge in [0.15, 0.2) is 5.82 Å². The minimum Gasteiger partial charge on any atom is -0.296 e. The number of aryl methyl sites for hydroxylation is 3. The van der Waals surface area contributed by atoms with Gasteiger partial charge in [0.05, 0.1) is 23.0 Å². The van der Waals surface area contributed by atoms with Crippen LogP contribution in [-0.2, 0) is 13.6 Å². The molecule has 3 aromatic rings. The number of anilines is 1. The van der Waals surface area contributed by atoms with Crippen LogP contribution in [0, 0.1) is 13.8 Å². The van der Waals surface area contributed by atoms with Crippen molar-refractivity contribution < 1.29 is 4.79 Å². The maximum Gasteiger partial charge on any atom is 0.261 e. The van der Waals surface area contributed by atoms with Crippen LogP contribution in [0.5, 0.6) is 0 Å². The second-order valence-electron chi connectivity index (χ2n) is 5.14. The summed E-state index contributed by atoms with van der Waals surface area (Å²) >= 11 is 1.14. The lowest BCUT2D eigenvalue weighted by Gasteiger charge is -2.02. The Morgan fingerprint density at radius 3 is 2.78 bits per heavy atom. The Morgan fingerprint density at radius 1 is 1.39 bits per heavy atom. The third-order valence-corrected chi connectivity index (χ3v) is 4.15. The summed E-state index contributed by atoms with van der Waals surface area (Å²) in [6.07, 6.45) is 3.51. The number of aromatic nitrogens is 6. The predicted octanol–water partition coefficient (Wildman–Crippen LogP) is 2.02. The molecule has 120 valence electrons. The Bertz CT molecular complexity index is 860. The van der Waals surface area contributed by atoms with Gasteiger partial charge in [-0.15, -0.1) is 0 Å². The fourth-order valence-electron chi connectivity index (χ4n) is 2.42. The first kappa shape index (κ1) is 15.3. The molecule has 8 nitrogen and oxygen atoms in total. The Hall–Kier alpha value is -2.55. The zero-order chi connectivity index (χ0) is 16.6. The summed E-state index contributed by atoms with van der Waals surface area (Å²) in [7, 11) is 1.83. The van der Waals surface area contributed by atoms with Crippen LogP contribution in [0.2, 0.25) is 0 Å². The van der Waals surface area contributed by atoms with Crippen molar-refractivity contribution in [3.05, 3.63) is 29.3 Å². The Kier molecular flexibility index (Phi) is 3.95. The standard InChI is InChI=1S/C14H17N7OS/c1-5-21-9(3)11(8(2)18-21)13(22)17-14-16-12(19-23-14)10-6-15-20(4)7-10/h6-7H,5H2,1-4H3,(H,16,17,19,22). The van der Waals surface area contributed by atoms with E-state index in [0.29, 0.717) is 22.2 Å². The molecule has 0 aromatic carbocycles. The van der Waals surface area contributed by atoms with Crippen LogP contribution in [0.1, 0.15) is 28.7 Å². The van der Waals surface area contributed by atoms with E-state index in [9.17, 15) is 4.79 Å². The molecule has 3 aromatic heterocycles. The monoisotopic (exact) mass is 331 g/mol. The topological polar surface area (TPSA) is 90.5 Å². The molecular weight excluding hydrogens is 314 g/mol. The Morgan fingerprint density at radius 2 is 2.17 bits per heavy atom. The maximum atomic E-state index is 12.5. The number of nitrogens with one attached hydrogen (secondary N) is 1. The van der Waals surface area contributed by atoms with E-state index in [4.69, 9.17) is 0 Å². The number of carbonyl (C=O) groups excluding carboxylic acids is 1. The van der Waals surface area contributed by atoms with Crippen LogP contribution in [0.3, 0.4) is 0 Å². The molecule has 1 N–H and O–H groups in total. The fraction of sp³-hybridized carbons (Fsp3) is 0.357. The molecule has 3 rings (SSSR count). The quantitative estimate of drug-likeness (QED) is 0.790. The first-order chi connectivity index (χ1) is 11.0. The van der Waals surface area contributed by atoms with Gasteiger partial charge in [0, 0.05) is 37.0 Å². The largest absolute Gasteiger partial charge is 0.296 e. The molecular formula is C14H17N7OS. The van der Waals surface area contributed by atoms with Crippen molar-refractivity contribution in [1.29, 1.82) is 0 Å². The lowest BCUT2D eigenvalue weighted by molar-refractivity contribution is 0.102. The lowest BCUT2D eigenvalue weighted by atomic mass is 10.2. The second-order valence-corrected chi connectivity index (χ2v) is 5.89. The third-order valence-electron chi connectivity index (χ3n) is 3.52. The van der Waals surface area contributed by atoms with Gasteiger partial charge in [-0.05, 0) is 20.8 Å². The van der Waals surface area contributed by atoms with Gasteiger partial charge in [0.25, 0.3) is 5.91 Å². The second kappa shape index (κ2) is 5.92. The number of amides is 1. The first-order valence-corrected chi connectivity index (χ1v) is 7.95. The minimum atomic E-state index is -0.214. The fourth-order valence-corrected chi connectivity index (χ4v) is 3.01. The molecule has 0 radical (unpaired) electrons. The highest BCUT2D eigenvalue weighted by molar-refractivity contribution is 7.10. The highest BCUT2D eigenvalue weighted by atomic mass is 32.1. The van der Waals surface area contributed by atoms with Crippen molar-refractivity contribution in [3.63, 3.8) is 0 Å². The van der Waals surface area contributed by atoms with Gasteiger partial charge in [-0.1, -0.05) is 0 Å². The van der Waals surface area contributed by atoms with Crippen molar-refractivity contribution in [2.24, 2.45) is 7.05 Å². The highest BCUT2D eigenvalue weighted by Gasteiger charge is 2.19. The average Bonchev–Trinajstić information content (AvgIpc) is 3.19. The molecule has 0 bridgehead atoms. The van der Waals surface area contributed by atoms with Gasteiger partial charge in [-0.25, -0.2) is 0 Å². The molecule has 0 saturated heterocycles. The lowest BCUT2D eigenvalue weighted by Crippen LogP contribution is -2.14.